The van der Waals surface area contributed by atoms with Crippen molar-refractivity contribution in [2.24, 2.45) is 14.0 Å². The molecule has 0 saturated heterocycles. The van der Waals surface area contributed by atoms with Gasteiger partial charge in [-0.3, -0.25) is 4.57 Å². The van der Waals surface area contributed by atoms with Crippen LogP contribution in [-0.4, -0.2) is 25.4 Å². The standard InChI is InChI=1S/C57H42N6O/c1-36-30-31-58-51(32-36)63-47-25-12-7-20-41(47)42-29-28-40(34-50(42)63)64-39-19-15-18-38(33-39)61-35-62(49-27-14-13-26-48(49)61)57-55-53(43-21-8-10-23-45(43)59(55)2)52(37-16-5-4-6-17-37)54-44-22-9-11-24-46(44)60(3)56(54)57/h4-34H,35H2,1-3H3/i2D3,3D3. The summed E-state index contributed by atoms with van der Waals surface area (Å²) in [5.74, 6) is 2.10. The number of aryl methyl sites for hydroxylation is 3. The Balaban J connectivity index is 1.02. The Morgan fingerprint density at radius 2 is 1.12 bits per heavy atom. The maximum Gasteiger partial charge on any atom is 0.137 e. The SMILES string of the molecule is [2H]C([2H])([2H])n1c2ccccc2c2c(-c3ccccc3)c3c4ccccc4n(C([2H])([2H])[2H])c3c(N3CN(c4cccc(Oc5ccc6c7ccccc7n(-c7cc(C)ccn7)c6c5)c4)c4ccccc43)c21. The lowest BCUT2D eigenvalue weighted by Crippen LogP contribution is -2.25. The molecule has 0 radical (unpaired) electrons. The minimum absolute atomic E-state index is 0.221. The van der Waals surface area contributed by atoms with E-state index < -0.39 is 14.0 Å². The minimum atomic E-state index is -2.66. The number of fused-ring (bicyclic) bond motifs is 10. The molecule has 0 bridgehead atoms. The average molecular weight is 833 g/mol. The second-order valence-corrected chi connectivity index (χ2v) is 16.6. The van der Waals surface area contributed by atoms with E-state index in [0.717, 1.165) is 82.9 Å². The third-order valence-electron chi connectivity index (χ3n) is 12.9. The first-order valence-corrected chi connectivity index (χ1v) is 21.4. The van der Waals surface area contributed by atoms with Crippen molar-refractivity contribution in [2.45, 2.75) is 6.92 Å². The number of aromatic nitrogens is 4. The lowest BCUT2D eigenvalue weighted by molar-refractivity contribution is 0.483. The Morgan fingerprint density at radius 3 is 1.83 bits per heavy atom. The maximum absolute atomic E-state index is 9.19. The van der Waals surface area contributed by atoms with Crippen LogP contribution in [0.4, 0.5) is 22.7 Å². The first-order chi connectivity index (χ1) is 33.9. The van der Waals surface area contributed by atoms with Gasteiger partial charge in [0.15, 0.2) is 0 Å². The highest BCUT2D eigenvalue weighted by Crippen LogP contribution is 2.54. The van der Waals surface area contributed by atoms with E-state index in [1.165, 1.54) is 9.13 Å². The molecule has 8 aromatic carbocycles. The minimum Gasteiger partial charge on any atom is -0.457 e. The second-order valence-electron chi connectivity index (χ2n) is 16.6. The topological polar surface area (TPSA) is 43.4 Å². The molecule has 0 saturated carbocycles. The summed E-state index contributed by atoms with van der Waals surface area (Å²) in [7, 11) is 0. The zero-order valence-corrected chi connectivity index (χ0v) is 34.7. The molecular formula is C57H42N6O. The maximum atomic E-state index is 9.19. The van der Waals surface area contributed by atoms with Crippen LogP contribution in [0.1, 0.15) is 13.8 Å². The van der Waals surface area contributed by atoms with E-state index in [9.17, 15) is 8.22 Å². The summed E-state index contributed by atoms with van der Waals surface area (Å²) in [5, 5.41) is 5.18. The van der Waals surface area contributed by atoms with E-state index in [1.807, 2.05) is 152 Å². The van der Waals surface area contributed by atoms with Crippen LogP contribution in [-0.2, 0) is 14.0 Å². The molecule has 5 heterocycles. The number of nitrogens with zero attached hydrogens (tertiary/aromatic N) is 6. The zero-order chi connectivity index (χ0) is 47.6. The van der Waals surface area contributed by atoms with Crippen LogP contribution in [0.5, 0.6) is 11.5 Å². The number of rotatable bonds is 6. The summed E-state index contributed by atoms with van der Waals surface area (Å²) < 4.78 is 66.9. The van der Waals surface area contributed by atoms with Gasteiger partial charge in [-0.25, -0.2) is 4.98 Å². The molecule has 13 rings (SSSR count). The van der Waals surface area contributed by atoms with Gasteiger partial charge in [0, 0.05) is 95.1 Å². The van der Waals surface area contributed by atoms with Crippen LogP contribution >= 0.6 is 0 Å². The van der Waals surface area contributed by atoms with E-state index in [4.69, 9.17) is 9.72 Å². The number of benzene rings is 8. The van der Waals surface area contributed by atoms with Crippen molar-refractivity contribution in [1.82, 2.24) is 18.7 Å². The van der Waals surface area contributed by atoms with Crippen molar-refractivity contribution >= 4 is 88.2 Å². The molecule has 7 nitrogen and oxygen atoms in total. The highest BCUT2D eigenvalue weighted by Gasteiger charge is 2.34. The highest BCUT2D eigenvalue weighted by atomic mass is 16.5. The summed E-state index contributed by atoms with van der Waals surface area (Å²) in [6.07, 6.45) is 1.83. The summed E-state index contributed by atoms with van der Waals surface area (Å²) in [6, 6.07) is 59.5. The third-order valence-corrected chi connectivity index (χ3v) is 12.9. The molecular weight excluding hydrogens is 785 g/mol. The number of hydrogen-bond acceptors (Lipinski definition) is 4. The monoisotopic (exact) mass is 832 g/mol. The Kier molecular flexibility index (Phi) is 6.65. The molecule has 4 aromatic heterocycles. The van der Waals surface area contributed by atoms with Crippen molar-refractivity contribution in [3.05, 3.63) is 194 Å². The summed E-state index contributed by atoms with van der Waals surface area (Å²) in [4.78, 5) is 9.02. The molecule has 0 aliphatic carbocycles. The molecule has 0 spiro atoms. The molecule has 306 valence electrons. The molecule has 0 fully saturated rings. The van der Waals surface area contributed by atoms with Crippen molar-refractivity contribution in [2.75, 3.05) is 16.5 Å². The molecule has 0 N–H and O–H groups in total. The van der Waals surface area contributed by atoms with Crippen LogP contribution in [0, 0.1) is 6.92 Å². The van der Waals surface area contributed by atoms with Gasteiger partial charge in [0.05, 0.1) is 39.1 Å². The average Bonchev–Trinajstić information content (AvgIpc) is 4.11. The summed E-state index contributed by atoms with van der Waals surface area (Å²) in [5.41, 5.74) is 9.60. The number of para-hydroxylation sites is 5. The smallest absolute Gasteiger partial charge is 0.137 e. The van der Waals surface area contributed by atoms with Crippen LogP contribution in [0.2, 0.25) is 0 Å². The van der Waals surface area contributed by atoms with Crippen LogP contribution < -0.4 is 14.5 Å². The van der Waals surface area contributed by atoms with Gasteiger partial charge < -0.3 is 23.7 Å². The molecule has 0 atom stereocenters. The van der Waals surface area contributed by atoms with E-state index in [1.54, 1.807) is 0 Å². The predicted molar refractivity (Wildman–Crippen MR) is 265 cm³/mol. The number of anilines is 4. The molecule has 0 amide bonds. The molecule has 64 heavy (non-hydrogen) atoms. The first kappa shape index (κ1) is 30.7. The van der Waals surface area contributed by atoms with Crippen molar-refractivity contribution in [1.29, 1.82) is 0 Å². The second kappa shape index (κ2) is 13.9. The fourth-order valence-corrected chi connectivity index (χ4v) is 10.2. The first-order valence-electron chi connectivity index (χ1n) is 24.4. The van der Waals surface area contributed by atoms with Crippen molar-refractivity contribution in [3.8, 4) is 28.4 Å². The fraction of sp³-hybridized carbons (Fsp3) is 0.0702. The van der Waals surface area contributed by atoms with Gasteiger partial charge in [0.25, 0.3) is 0 Å². The van der Waals surface area contributed by atoms with Gasteiger partial charge in [-0.1, -0.05) is 103 Å². The Bertz CT molecular complexity index is 3980. The molecule has 7 heteroatoms. The van der Waals surface area contributed by atoms with E-state index >= 15 is 0 Å². The van der Waals surface area contributed by atoms with Crippen LogP contribution in [0.15, 0.2) is 188 Å². The zero-order valence-electron chi connectivity index (χ0n) is 40.7. The fourth-order valence-electron chi connectivity index (χ4n) is 10.2. The van der Waals surface area contributed by atoms with Gasteiger partial charge in [-0.15, -0.1) is 0 Å². The lowest BCUT2D eigenvalue weighted by Gasteiger charge is -2.26. The molecule has 12 aromatic rings. The van der Waals surface area contributed by atoms with Gasteiger partial charge in [0.1, 0.15) is 24.0 Å². The van der Waals surface area contributed by atoms with E-state index in [0.29, 0.717) is 39.3 Å². The Hall–Kier alpha value is -8.29. The number of pyridine rings is 1. The van der Waals surface area contributed by atoms with Gasteiger partial charge >= 0.3 is 0 Å². The molecule has 0 unspecified atom stereocenters. The third kappa shape index (κ3) is 5.24. The Labute approximate surface area is 378 Å². The lowest BCUT2D eigenvalue weighted by atomic mass is 9.93. The highest BCUT2D eigenvalue weighted by molar-refractivity contribution is 6.33. The molecule has 1 aliphatic rings. The number of hydrogen-bond donors (Lipinski definition) is 0. The largest absolute Gasteiger partial charge is 0.457 e. The van der Waals surface area contributed by atoms with E-state index in [-0.39, 0.29) is 6.67 Å². The number of ether oxygens (including phenoxy) is 1. The van der Waals surface area contributed by atoms with Crippen molar-refractivity contribution < 1.29 is 13.0 Å². The Morgan fingerprint density at radius 1 is 0.516 bits per heavy atom. The van der Waals surface area contributed by atoms with E-state index in [2.05, 4.69) is 57.7 Å². The normalized spacial score (nSPS) is 14.6. The quantitative estimate of drug-likeness (QED) is 0.167. The van der Waals surface area contributed by atoms with Crippen molar-refractivity contribution in [3.63, 3.8) is 0 Å². The summed E-state index contributed by atoms with van der Waals surface area (Å²) >= 11 is 0. The summed E-state index contributed by atoms with van der Waals surface area (Å²) in [6.45, 7) is -3.03. The van der Waals surface area contributed by atoms with Gasteiger partial charge in [-0.05, 0) is 84.8 Å². The van der Waals surface area contributed by atoms with Gasteiger partial charge in [-0.2, -0.15) is 0 Å². The molecule has 1 aliphatic heterocycles. The van der Waals surface area contributed by atoms with Gasteiger partial charge in [0.2, 0.25) is 0 Å². The van der Waals surface area contributed by atoms with Crippen LogP contribution in [0.3, 0.4) is 0 Å². The van der Waals surface area contributed by atoms with Crippen LogP contribution in [0.25, 0.3) is 82.4 Å². The predicted octanol–water partition coefficient (Wildman–Crippen LogP) is 14.5.